The fraction of sp³-hybridized carbons (Fsp3) is 0.190. The minimum absolute atomic E-state index is 0.158. The van der Waals surface area contributed by atoms with Crippen molar-refractivity contribution in [1.29, 1.82) is 0 Å². The van der Waals surface area contributed by atoms with Crippen molar-refractivity contribution in [2.24, 2.45) is 0 Å². The molecular formula is C21H20N6O3. The van der Waals surface area contributed by atoms with Gasteiger partial charge in [-0.25, -0.2) is 19.0 Å². The van der Waals surface area contributed by atoms with E-state index in [0.29, 0.717) is 11.3 Å². The van der Waals surface area contributed by atoms with Gasteiger partial charge in [-0.1, -0.05) is 18.2 Å². The van der Waals surface area contributed by atoms with E-state index < -0.39 is 11.9 Å². The SMILES string of the molecule is CCOC(=O)c1cnn(-c2ccccc2)c1NC(=O)c1cnn2c(C)cc(C)nc12. The lowest BCUT2D eigenvalue weighted by atomic mass is 10.2. The molecule has 1 aromatic carbocycles. The summed E-state index contributed by atoms with van der Waals surface area (Å²) in [7, 11) is 0. The normalized spacial score (nSPS) is 10.9. The smallest absolute Gasteiger partial charge is 0.343 e. The van der Waals surface area contributed by atoms with Gasteiger partial charge in [0, 0.05) is 11.4 Å². The van der Waals surface area contributed by atoms with Gasteiger partial charge in [-0.2, -0.15) is 10.2 Å². The molecule has 0 unspecified atom stereocenters. The van der Waals surface area contributed by atoms with Gasteiger partial charge in [0.2, 0.25) is 0 Å². The van der Waals surface area contributed by atoms with Crippen molar-refractivity contribution < 1.29 is 14.3 Å². The van der Waals surface area contributed by atoms with Crippen LogP contribution in [0.2, 0.25) is 0 Å². The van der Waals surface area contributed by atoms with E-state index in [9.17, 15) is 9.59 Å². The first-order chi connectivity index (χ1) is 14.5. The predicted octanol–water partition coefficient (Wildman–Crippen LogP) is 2.96. The highest BCUT2D eigenvalue weighted by molar-refractivity contribution is 6.10. The van der Waals surface area contributed by atoms with E-state index in [1.54, 1.807) is 11.4 Å². The summed E-state index contributed by atoms with van der Waals surface area (Å²) < 4.78 is 8.21. The molecule has 0 bridgehead atoms. The molecule has 0 saturated carbocycles. The van der Waals surface area contributed by atoms with Crippen LogP contribution in [0, 0.1) is 13.8 Å². The molecule has 9 heteroatoms. The molecule has 0 radical (unpaired) electrons. The second-order valence-corrected chi connectivity index (χ2v) is 6.66. The summed E-state index contributed by atoms with van der Waals surface area (Å²) in [5.74, 6) is -0.807. The zero-order valence-electron chi connectivity index (χ0n) is 16.8. The van der Waals surface area contributed by atoms with E-state index in [1.807, 2.05) is 50.2 Å². The van der Waals surface area contributed by atoms with Crippen LogP contribution in [-0.4, -0.2) is 42.9 Å². The van der Waals surface area contributed by atoms with E-state index in [2.05, 4.69) is 20.5 Å². The molecule has 3 heterocycles. The van der Waals surface area contributed by atoms with E-state index in [0.717, 1.165) is 11.4 Å². The highest BCUT2D eigenvalue weighted by Gasteiger charge is 2.24. The van der Waals surface area contributed by atoms with Crippen molar-refractivity contribution in [3.63, 3.8) is 0 Å². The number of aryl methyl sites for hydroxylation is 2. The van der Waals surface area contributed by atoms with E-state index in [4.69, 9.17) is 4.74 Å². The Kier molecular flexibility index (Phi) is 5.01. The van der Waals surface area contributed by atoms with Crippen LogP contribution in [0.5, 0.6) is 0 Å². The molecule has 30 heavy (non-hydrogen) atoms. The highest BCUT2D eigenvalue weighted by Crippen LogP contribution is 2.23. The van der Waals surface area contributed by atoms with Crippen molar-refractivity contribution in [3.05, 3.63) is 71.3 Å². The Morgan fingerprint density at radius 1 is 1.07 bits per heavy atom. The fourth-order valence-electron chi connectivity index (χ4n) is 3.20. The van der Waals surface area contributed by atoms with Gasteiger partial charge < -0.3 is 10.1 Å². The summed E-state index contributed by atoms with van der Waals surface area (Å²) in [5, 5.41) is 11.3. The molecule has 0 spiro atoms. The maximum atomic E-state index is 13.1. The predicted molar refractivity (Wildman–Crippen MR) is 110 cm³/mol. The second kappa shape index (κ2) is 7.78. The molecular weight excluding hydrogens is 384 g/mol. The summed E-state index contributed by atoms with van der Waals surface area (Å²) in [6, 6.07) is 11.1. The first-order valence-electron chi connectivity index (χ1n) is 9.43. The van der Waals surface area contributed by atoms with E-state index in [1.165, 1.54) is 17.1 Å². The van der Waals surface area contributed by atoms with Crippen molar-refractivity contribution in [3.8, 4) is 5.69 Å². The average molecular weight is 404 g/mol. The largest absolute Gasteiger partial charge is 0.462 e. The van der Waals surface area contributed by atoms with Crippen LogP contribution in [0.3, 0.4) is 0 Å². The zero-order chi connectivity index (χ0) is 21.3. The van der Waals surface area contributed by atoms with E-state index >= 15 is 0 Å². The van der Waals surface area contributed by atoms with Gasteiger partial charge in [0.05, 0.1) is 24.7 Å². The van der Waals surface area contributed by atoms with E-state index in [-0.39, 0.29) is 23.6 Å². The molecule has 0 atom stereocenters. The molecule has 0 aliphatic carbocycles. The van der Waals surface area contributed by atoms with Crippen molar-refractivity contribution in [2.75, 3.05) is 11.9 Å². The molecule has 0 aliphatic heterocycles. The number of para-hydroxylation sites is 1. The maximum Gasteiger partial charge on any atom is 0.343 e. The number of hydrogen-bond acceptors (Lipinski definition) is 6. The van der Waals surface area contributed by atoms with Crippen LogP contribution in [0.25, 0.3) is 11.3 Å². The molecule has 0 aliphatic rings. The number of esters is 1. The average Bonchev–Trinajstić information content (AvgIpc) is 3.33. The monoisotopic (exact) mass is 404 g/mol. The molecule has 4 aromatic rings. The summed E-state index contributed by atoms with van der Waals surface area (Å²) in [4.78, 5) is 30.0. The van der Waals surface area contributed by atoms with Crippen LogP contribution in [0.4, 0.5) is 5.82 Å². The van der Waals surface area contributed by atoms with Crippen LogP contribution in [0.15, 0.2) is 48.8 Å². The van der Waals surface area contributed by atoms with Gasteiger partial charge >= 0.3 is 5.97 Å². The Morgan fingerprint density at radius 2 is 1.80 bits per heavy atom. The number of nitrogens with zero attached hydrogens (tertiary/aromatic N) is 5. The third-order valence-corrected chi connectivity index (χ3v) is 4.52. The quantitative estimate of drug-likeness (QED) is 0.513. The molecule has 0 saturated heterocycles. The van der Waals surface area contributed by atoms with Gasteiger partial charge in [-0.3, -0.25) is 4.79 Å². The first kappa shape index (κ1) is 19.3. The lowest BCUT2D eigenvalue weighted by molar-refractivity contribution is 0.0527. The number of fused-ring (bicyclic) bond motifs is 1. The Hall–Kier alpha value is -4.01. The van der Waals surface area contributed by atoms with Gasteiger partial charge in [0.1, 0.15) is 11.1 Å². The Labute approximate surface area is 172 Å². The fourth-order valence-corrected chi connectivity index (χ4v) is 3.20. The number of carbonyl (C=O) groups is 2. The maximum absolute atomic E-state index is 13.1. The number of anilines is 1. The second-order valence-electron chi connectivity index (χ2n) is 6.66. The summed E-state index contributed by atoms with van der Waals surface area (Å²) in [6.45, 7) is 5.66. The van der Waals surface area contributed by atoms with Crippen molar-refractivity contribution in [2.45, 2.75) is 20.8 Å². The van der Waals surface area contributed by atoms with Gasteiger partial charge in [-0.15, -0.1) is 0 Å². The number of nitrogens with one attached hydrogen (secondary N) is 1. The Balaban J connectivity index is 1.77. The number of aromatic nitrogens is 5. The number of amides is 1. The third kappa shape index (κ3) is 3.41. The molecule has 1 N–H and O–H groups in total. The lowest BCUT2D eigenvalue weighted by Gasteiger charge is -2.11. The van der Waals surface area contributed by atoms with Gasteiger partial charge in [-0.05, 0) is 39.0 Å². The lowest BCUT2D eigenvalue weighted by Crippen LogP contribution is -2.18. The Bertz CT molecular complexity index is 1240. The Morgan fingerprint density at radius 3 is 2.53 bits per heavy atom. The molecule has 9 nitrogen and oxygen atoms in total. The number of rotatable bonds is 5. The zero-order valence-corrected chi connectivity index (χ0v) is 16.8. The van der Waals surface area contributed by atoms with Crippen LogP contribution < -0.4 is 5.32 Å². The summed E-state index contributed by atoms with van der Waals surface area (Å²) in [5.41, 5.74) is 3.21. The summed E-state index contributed by atoms with van der Waals surface area (Å²) in [6.07, 6.45) is 2.83. The molecule has 3 aromatic heterocycles. The van der Waals surface area contributed by atoms with Gasteiger partial charge in [0.15, 0.2) is 11.5 Å². The number of benzene rings is 1. The van der Waals surface area contributed by atoms with Crippen molar-refractivity contribution in [1.82, 2.24) is 24.4 Å². The summed E-state index contributed by atoms with van der Waals surface area (Å²) >= 11 is 0. The van der Waals surface area contributed by atoms with Crippen LogP contribution in [0.1, 0.15) is 39.0 Å². The highest BCUT2D eigenvalue weighted by atomic mass is 16.5. The van der Waals surface area contributed by atoms with Crippen molar-refractivity contribution >= 4 is 23.3 Å². The first-order valence-corrected chi connectivity index (χ1v) is 9.43. The number of hydrogen-bond donors (Lipinski definition) is 1. The topological polar surface area (TPSA) is 103 Å². The molecule has 0 fully saturated rings. The molecule has 152 valence electrons. The van der Waals surface area contributed by atoms with Crippen LogP contribution in [-0.2, 0) is 4.74 Å². The van der Waals surface area contributed by atoms with Gasteiger partial charge in [0.25, 0.3) is 5.91 Å². The minimum Gasteiger partial charge on any atom is -0.462 e. The molecule has 1 amide bonds. The molecule has 4 rings (SSSR count). The number of carbonyl (C=O) groups excluding carboxylic acids is 2. The standard InChI is InChI=1S/C21H20N6O3/c1-4-30-21(29)17-12-23-27(15-8-6-5-7-9-15)19(17)25-20(28)16-11-22-26-14(3)10-13(2)24-18(16)26/h5-12H,4H2,1-3H3,(H,25,28). The minimum atomic E-state index is -0.570. The number of ether oxygens (including phenoxy) is 1. The van der Waals surface area contributed by atoms with Crippen LogP contribution >= 0.6 is 0 Å². The third-order valence-electron chi connectivity index (χ3n) is 4.52.